The lowest BCUT2D eigenvalue weighted by atomic mass is 9.82. The van der Waals surface area contributed by atoms with Crippen molar-refractivity contribution in [2.75, 3.05) is 5.75 Å². The highest BCUT2D eigenvalue weighted by atomic mass is 32.2. The molecule has 2 aromatic carbocycles. The van der Waals surface area contributed by atoms with Crippen molar-refractivity contribution in [3.8, 4) is 5.75 Å². The molecule has 1 amide bonds. The number of ketones is 1. The molecule has 3 rings (SSSR count). The number of aromatic nitrogens is 1. The molecule has 182 valence electrons. The van der Waals surface area contributed by atoms with E-state index < -0.39 is 57.1 Å². The van der Waals surface area contributed by atoms with Gasteiger partial charge in [-0.15, -0.1) is 0 Å². The zero-order valence-electron chi connectivity index (χ0n) is 18.0. The van der Waals surface area contributed by atoms with Crippen LogP contribution in [0.5, 0.6) is 5.75 Å². The van der Waals surface area contributed by atoms with Crippen molar-refractivity contribution in [2.45, 2.75) is 31.3 Å². The molecule has 0 fully saturated rings. The van der Waals surface area contributed by atoms with Crippen LogP contribution in [0.15, 0.2) is 52.9 Å². The van der Waals surface area contributed by atoms with E-state index in [4.69, 9.17) is 10.2 Å². The Morgan fingerprint density at radius 1 is 1.18 bits per heavy atom. The third-order valence-corrected chi connectivity index (χ3v) is 6.87. The van der Waals surface area contributed by atoms with Gasteiger partial charge >= 0.3 is 6.61 Å². The van der Waals surface area contributed by atoms with Crippen LogP contribution in [0, 0.1) is 5.92 Å². The second kappa shape index (κ2) is 9.85. The van der Waals surface area contributed by atoms with Crippen LogP contribution in [0.3, 0.4) is 0 Å². The molecule has 0 bridgehead atoms. The Hall–Kier alpha value is -3.38. The van der Waals surface area contributed by atoms with Crippen molar-refractivity contribution in [3.63, 3.8) is 0 Å². The molecule has 1 aromatic heterocycles. The number of Topliss-reactive ketones (excluding diaryl/α,β-unsaturated/α-hetero) is 1. The Morgan fingerprint density at radius 2 is 1.82 bits per heavy atom. The van der Waals surface area contributed by atoms with Gasteiger partial charge in [0.25, 0.3) is 11.8 Å². The van der Waals surface area contributed by atoms with E-state index in [-0.39, 0.29) is 23.3 Å². The first kappa shape index (κ1) is 25.2. The van der Waals surface area contributed by atoms with Crippen molar-refractivity contribution < 1.29 is 41.0 Å². The van der Waals surface area contributed by atoms with E-state index >= 15 is 0 Å². The minimum atomic E-state index is -4.37. The number of halogens is 2. The summed E-state index contributed by atoms with van der Waals surface area (Å²) in [5, 5.41) is 11.1. The number of sulfone groups is 1. The van der Waals surface area contributed by atoms with Gasteiger partial charge in [0.15, 0.2) is 21.0 Å². The fourth-order valence-electron chi connectivity index (χ4n) is 3.67. The number of para-hydroxylation sites is 3. The van der Waals surface area contributed by atoms with Gasteiger partial charge in [0, 0.05) is 5.56 Å². The zero-order valence-corrected chi connectivity index (χ0v) is 18.8. The topological polar surface area (TPSA) is 150 Å². The van der Waals surface area contributed by atoms with Crippen LogP contribution >= 0.6 is 0 Å². The SMILES string of the molecule is CC[C@H](C(=O)c1nc2ccccc2o1)C(O)(CS(=O)(=O)Cc1ccccc1OC(F)F)C(N)=O. The molecule has 0 spiro atoms. The van der Waals surface area contributed by atoms with E-state index in [1.54, 1.807) is 24.3 Å². The van der Waals surface area contributed by atoms with Gasteiger partial charge in [0.05, 0.1) is 17.4 Å². The maximum absolute atomic E-state index is 13.1. The predicted molar refractivity (Wildman–Crippen MR) is 117 cm³/mol. The van der Waals surface area contributed by atoms with E-state index in [2.05, 4.69) is 9.72 Å². The number of benzene rings is 2. The van der Waals surface area contributed by atoms with Crippen LogP contribution in [-0.2, 0) is 20.4 Å². The van der Waals surface area contributed by atoms with Crippen molar-refractivity contribution in [2.24, 2.45) is 11.7 Å². The summed E-state index contributed by atoms with van der Waals surface area (Å²) >= 11 is 0. The summed E-state index contributed by atoms with van der Waals surface area (Å²) in [7, 11) is -4.37. The first-order chi connectivity index (χ1) is 16.0. The lowest BCUT2D eigenvalue weighted by molar-refractivity contribution is -0.138. The average molecular weight is 496 g/mol. The molecule has 1 heterocycles. The molecule has 1 unspecified atom stereocenters. The number of nitrogens with two attached hydrogens (primary N) is 1. The Bertz CT molecular complexity index is 1280. The Morgan fingerprint density at radius 3 is 2.44 bits per heavy atom. The molecular formula is C22H22F2N2O7S. The van der Waals surface area contributed by atoms with E-state index in [9.17, 15) is 31.9 Å². The molecule has 3 aromatic rings. The molecule has 0 saturated carbocycles. The normalized spacial score (nSPS) is 14.6. The maximum atomic E-state index is 13.1. The van der Waals surface area contributed by atoms with Gasteiger partial charge in [-0.2, -0.15) is 8.78 Å². The van der Waals surface area contributed by atoms with E-state index in [1.807, 2.05) is 0 Å². The second-order valence-corrected chi connectivity index (χ2v) is 9.68. The largest absolute Gasteiger partial charge is 0.435 e. The number of ether oxygens (including phenoxy) is 1. The number of amides is 1. The van der Waals surface area contributed by atoms with Gasteiger partial charge in [-0.1, -0.05) is 37.3 Å². The van der Waals surface area contributed by atoms with Crippen LogP contribution in [0.1, 0.15) is 29.6 Å². The van der Waals surface area contributed by atoms with Gasteiger partial charge in [0.1, 0.15) is 11.3 Å². The first-order valence-corrected chi connectivity index (χ1v) is 11.9. The fourth-order valence-corrected chi connectivity index (χ4v) is 5.50. The maximum Gasteiger partial charge on any atom is 0.387 e. The number of fused-ring (bicyclic) bond motifs is 1. The molecule has 34 heavy (non-hydrogen) atoms. The molecule has 2 atom stereocenters. The zero-order chi connectivity index (χ0) is 25.1. The quantitative estimate of drug-likeness (QED) is 0.385. The number of aliphatic hydroxyl groups is 1. The van der Waals surface area contributed by atoms with Crippen molar-refractivity contribution in [3.05, 3.63) is 60.0 Å². The number of carbonyl (C=O) groups excluding carboxylic acids is 2. The smallest absolute Gasteiger partial charge is 0.387 e. The molecule has 3 N–H and O–H groups in total. The van der Waals surface area contributed by atoms with Crippen LogP contribution in [0.4, 0.5) is 8.78 Å². The number of rotatable bonds is 11. The summed E-state index contributed by atoms with van der Waals surface area (Å²) in [6.45, 7) is -1.73. The monoisotopic (exact) mass is 496 g/mol. The number of nitrogens with zero attached hydrogens (tertiary/aromatic N) is 1. The fraction of sp³-hybridized carbons (Fsp3) is 0.318. The summed E-state index contributed by atoms with van der Waals surface area (Å²) < 4.78 is 60.9. The predicted octanol–water partition coefficient (Wildman–Crippen LogP) is 2.47. The summed E-state index contributed by atoms with van der Waals surface area (Å²) in [5.41, 5.74) is 3.06. The lowest BCUT2D eigenvalue weighted by Crippen LogP contribution is -2.57. The number of primary amides is 1. The van der Waals surface area contributed by atoms with Gasteiger partial charge in [-0.05, 0) is 24.6 Å². The molecule has 0 aliphatic heterocycles. The van der Waals surface area contributed by atoms with E-state index in [0.717, 1.165) is 6.07 Å². The van der Waals surface area contributed by atoms with Gasteiger partial charge < -0.3 is 20.0 Å². The van der Waals surface area contributed by atoms with E-state index in [1.165, 1.54) is 25.1 Å². The average Bonchev–Trinajstić information content (AvgIpc) is 3.19. The number of hydrogen-bond acceptors (Lipinski definition) is 8. The van der Waals surface area contributed by atoms with Crippen LogP contribution in [0.2, 0.25) is 0 Å². The second-order valence-electron chi connectivity index (χ2n) is 7.62. The van der Waals surface area contributed by atoms with Crippen LogP contribution < -0.4 is 10.5 Å². The van der Waals surface area contributed by atoms with Crippen molar-refractivity contribution in [1.29, 1.82) is 0 Å². The highest BCUT2D eigenvalue weighted by molar-refractivity contribution is 7.90. The van der Waals surface area contributed by atoms with E-state index in [0.29, 0.717) is 5.52 Å². The number of oxazole rings is 1. The molecule has 0 radical (unpaired) electrons. The molecule has 9 nitrogen and oxygen atoms in total. The summed E-state index contributed by atoms with van der Waals surface area (Å²) in [6, 6.07) is 11.7. The Kier molecular flexibility index (Phi) is 7.32. The van der Waals surface area contributed by atoms with Gasteiger partial charge in [0.2, 0.25) is 5.78 Å². The summed E-state index contributed by atoms with van der Waals surface area (Å²) in [4.78, 5) is 29.4. The highest BCUT2D eigenvalue weighted by Gasteiger charge is 2.50. The Labute approximate surface area is 193 Å². The van der Waals surface area contributed by atoms with Crippen LogP contribution in [-0.4, -0.2) is 48.2 Å². The molecule has 0 aliphatic rings. The lowest BCUT2D eigenvalue weighted by Gasteiger charge is -2.31. The standard InChI is InChI=1S/C22H22F2N2O7S/c1-2-14(18(27)19-26-15-8-4-6-10-17(15)32-19)22(29,20(25)28)12-34(30,31)11-13-7-3-5-9-16(13)33-21(23)24/h3-10,14,21,29H,2,11-12H2,1H3,(H2,25,28)/t14-,22?/m1/s1. The number of hydrogen-bond donors (Lipinski definition) is 2. The van der Waals surface area contributed by atoms with Crippen molar-refractivity contribution in [1.82, 2.24) is 4.98 Å². The number of alkyl halides is 2. The third-order valence-electron chi connectivity index (χ3n) is 5.24. The Balaban J connectivity index is 1.92. The van der Waals surface area contributed by atoms with Gasteiger partial charge in [-0.3, -0.25) is 9.59 Å². The van der Waals surface area contributed by atoms with Gasteiger partial charge in [-0.25, -0.2) is 13.4 Å². The minimum absolute atomic E-state index is 0.118. The molecule has 12 heteroatoms. The summed E-state index contributed by atoms with van der Waals surface area (Å²) in [5.74, 6) is -6.82. The van der Waals surface area contributed by atoms with Crippen LogP contribution in [0.25, 0.3) is 11.1 Å². The third kappa shape index (κ3) is 5.39. The highest BCUT2D eigenvalue weighted by Crippen LogP contribution is 2.30. The minimum Gasteiger partial charge on any atom is -0.435 e. The molecular weight excluding hydrogens is 474 g/mol. The summed E-state index contributed by atoms with van der Waals surface area (Å²) in [6.07, 6.45) is -0.169. The molecule has 0 saturated heterocycles. The number of carbonyl (C=O) groups is 2. The first-order valence-electron chi connectivity index (χ1n) is 10.1. The van der Waals surface area contributed by atoms with Crippen molar-refractivity contribution >= 4 is 32.6 Å². The molecule has 0 aliphatic carbocycles.